The molecule has 9 heteroatoms. The summed E-state index contributed by atoms with van der Waals surface area (Å²) in [6.07, 6.45) is 6.20. The molecular formula is C28H26N6O2S. The molecule has 6 rings (SSSR count). The Labute approximate surface area is 217 Å². The predicted octanol–water partition coefficient (Wildman–Crippen LogP) is 4.11. The Balaban J connectivity index is 1.42. The van der Waals surface area contributed by atoms with Gasteiger partial charge in [-0.05, 0) is 37.5 Å². The van der Waals surface area contributed by atoms with Gasteiger partial charge in [-0.15, -0.1) is 11.3 Å². The minimum absolute atomic E-state index is 0.0511. The van der Waals surface area contributed by atoms with Crippen LogP contribution in [0.15, 0.2) is 60.9 Å². The van der Waals surface area contributed by atoms with Gasteiger partial charge in [-0.3, -0.25) is 19.1 Å². The summed E-state index contributed by atoms with van der Waals surface area (Å²) in [5.41, 5.74) is 5.05. The molecule has 0 spiro atoms. The lowest BCUT2D eigenvalue weighted by Gasteiger charge is -2.21. The van der Waals surface area contributed by atoms with Crippen molar-refractivity contribution in [3.05, 3.63) is 71.3 Å². The summed E-state index contributed by atoms with van der Waals surface area (Å²) in [4.78, 5) is 38.9. The fourth-order valence-corrected chi connectivity index (χ4v) is 6.26. The third kappa shape index (κ3) is 4.21. The fourth-order valence-electron chi connectivity index (χ4n) is 5.24. The van der Waals surface area contributed by atoms with Crippen LogP contribution in [-0.4, -0.2) is 43.4 Å². The van der Waals surface area contributed by atoms with Crippen molar-refractivity contribution in [1.82, 2.24) is 30.2 Å². The Morgan fingerprint density at radius 2 is 1.81 bits per heavy atom. The molecule has 0 unspecified atom stereocenters. The van der Waals surface area contributed by atoms with Crippen LogP contribution in [-0.2, 0) is 4.79 Å². The maximum Gasteiger partial charge on any atom is 0.263 e. The van der Waals surface area contributed by atoms with Crippen molar-refractivity contribution in [2.75, 3.05) is 0 Å². The second-order valence-electron chi connectivity index (χ2n) is 9.31. The number of nitrogens with zero attached hydrogens (tertiary/aromatic N) is 3. The van der Waals surface area contributed by atoms with E-state index in [1.807, 2.05) is 53.1 Å². The zero-order valence-corrected chi connectivity index (χ0v) is 21.1. The molecule has 2 atom stereocenters. The summed E-state index contributed by atoms with van der Waals surface area (Å²) in [6, 6.07) is 15.8. The van der Waals surface area contributed by atoms with Crippen LogP contribution in [0.2, 0.25) is 0 Å². The van der Waals surface area contributed by atoms with Gasteiger partial charge in [-0.2, -0.15) is 0 Å². The monoisotopic (exact) mass is 510 g/mol. The van der Waals surface area contributed by atoms with Crippen LogP contribution in [0.1, 0.15) is 35.9 Å². The van der Waals surface area contributed by atoms with E-state index in [1.54, 1.807) is 12.4 Å². The number of H-pyrrole nitrogens is 1. The molecule has 8 nitrogen and oxygen atoms in total. The Morgan fingerprint density at radius 1 is 1.05 bits per heavy atom. The molecule has 2 amide bonds. The van der Waals surface area contributed by atoms with E-state index < -0.39 is 0 Å². The topological polar surface area (TPSA) is 105 Å². The van der Waals surface area contributed by atoms with Crippen molar-refractivity contribution in [2.24, 2.45) is 0 Å². The van der Waals surface area contributed by atoms with E-state index in [-0.39, 0.29) is 23.9 Å². The lowest BCUT2D eigenvalue weighted by Crippen LogP contribution is -2.47. The highest BCUT2D eigenvalue weighted by atomic mass is 32.1. The highest BCUT2D eigenvalue weighted by Crippen LogP contribution is 2.34. The quantitative estimate of drug-likeness (QED) is 0.331. The van der Waals surface area contributed by atoms with E-state index in [9.17, 15) is 9.59 Å². The Morgan fingerprint density at radius 3 is 2.59 bits per heavy atom. The number of amides is 2. The SMILES string of the molecule is C=c1[nH]c2c(C(=O)N[C@H]3CCC[C@H]3NC(C)=O)sc3nccc(c32)n1-c1ccnc(-c2ccccc2)c1. The second kappa shape index (κ2) is 9.33. The molecule has 0 saturated heterocycles. The number of pyridine rings is 2. The van der Waals surface area contributed by atoms with Crippen LogP contribution in [0.5, 0.6) is 0 Å². The molecule has 1 aliphatic carbocycles. The third-order valence-corrected chi connectivity index (χ3v) is 7.95. The van der Waals surface area contributed by atoms with Crippen molar-refractivity contribution < 1.29 is 9.59 Å². The molecule has 5 aromatic rings. The first kappa shape index (κ1) is 23.2. The Bertz CT molecular complexity index is 1700. The molecule has 0 aliphatic heterocycles. The number of aromatic amines is 1. The van der Waals surface area contributed by atoms with Gasteiger partial charge in [0.1, 0.15) is 15.2 Å². The number of hydrogen-bond donors (Lipinski definition) is 3. The first-order chi connectivity index (χ1) is 18.0. The average molecular weight is 511 g/mol. The van der Waals surface area contributed by atoms with E-state index in [0.29, 0.717) is 15.9 Å². The molecule has 1 fully saturated rings. The molecule has 0 bridgehead atoms. The van der Waals surface area contributed by atoms with Crippen LogP contribution >= 0.6 is 11.3 Å². The van der Waals surface area contributed by atoms with E-state index in [2.05, 4.69) is 32.2 Å². The second-order valence-corrected chi connectivity index (χ2v) is 10.3. The summed E-state index contributed by atoms with van der Waals surface area (Å²) in [5, 5.41) is 7.00. The first-order valence-corrected chi connectivity index (χ1v) is 13.1. The van der Waals surface area contributed by atoms with Gasteiger partial charge in [-0.25, -0.2) is 4.98 Å². The van der Waals surface area contributed by atoms with Crippen LogP contribution in [0.3, 0.4) is 0 Å². The fraction of sp³-hybridized carbons (Fsp3) is 0.214. The number of hydrogen-bond acceptors (Lipinski definition) is 5. The summed E-state index contributed by atoms with van der Waals surface area (Å²) in [5.74, 6) is -0.253. The van der Waals surface area contributed by atoms with E-state index >= 15 is 0 Å². The van der Waals surface area contributed by atoms with Gasteiger partial charge in [0, 0.05) is 37.0 Å². The van der Waals surface area contributed by atoms with Gasteiger partial charge in [0.05, 0.1) is 27.8 Å². The highest BCUT2D eigenvalue weighted by molar-refractivity contribution is 7.21. The Hall–Kier alpha value is -4.24. The van der Waals surface area contributed by atoms with E-state index in [4.69, 9.17) is 0 Å². The van der Waals surface area contributed by atoms with E-state index in [1.165, 1.54) is 18.3 Å². The first-order valence-electron chi connectivity index (χ1n) is 12.3. The number of benzene rings is 1. The standard InChI is InChI=1S/C28H26N6O2S/c1-16-31-25-24-23(34(16)19-11-13-29-22(15-19)18-7-4-3-5-8-18)12-14-30-28(24)37-26(25)27(36)33-21-10-6-9-20(21)32-17(2)35/h3-5,7-8,11-15,20-21,31H,1,6,9-10H2,2H3,(H,32,35)(H,33,36)/t20-,21+/m1/s1. The molecular weight excluding hydrogens is 484 g/mol. The molecule has 1 aromatic carbocycles. The minimum atomic E-state index is -0.171. The zero-order chi connectivity index (χ0) is 25.5. The molecule has 0 radical (unpaired) electrons. The molecule has 4 heterocycles. The van der Waals surface area contributed by atoms with Crippen molar-refractivity contribution >= 4 is 51.0 Å². The summed E-state index contributed by atoms with van der Waals surface area (Å²) >= 11 is 1.36. The van der Waals surface area contributed by atoms with Crippen molar-refractivity contribution in [3.63, 3.8) is 0 Å². The minimum Gasteiger partial charge on any atom is -0.352 e. The van der Waals surface area contributed by atoms with Crippen molar-refractivity contribution in [2.45, 2.75) is 38.3 Å². The summed E-state index contributed by atoms with van der Waals surface area (Å²) < 4.78 is 2.03. The number of carbonyl (C=O) groups excluding carboxylic acids is 2. The molecule has 1 saturated carbocycles. The maximum absolute atomic E-state index is 13.4. The number of aromatic nitrogens is 4. The van der Waals surface area contributed by atoms with Crippen LogP contribution in [0.4, 0.5) is 0 Å². The molecule has 186 valence electrons. The predicted molar refractivity (Wildman–Crippen MR) is 146 cm³/mol. The van der Waals surface area contributed by atoms with E-state index in [0.717, 1.165) is 51.9 Å². The third-order valence-electron chi connectivity index (χ3n) is 6.85. The van der Waals surface area contributed by atoms with Crippen LogP contribution in [0, 0.1) is 0 Å². The molecule has 3 N–H and O–H groups in total. The van der Waals surface area contributed by atoms with Gasteiger partial charge in [-0.1, -0.05) is 36.9 Å². The van der Waals surface area contributed by atoms with Crippen LogP contribution in [0.25, 0.3) is 44.8 Å². The normalized spacial score (nSPS) is 17.3. The molecule has 37 heavy (non-hydrogen) atoms. The van der Waals surface area contributed by atoms with Crippen molar-refractivity contribution in [3.8, 4) is 16.9 Å². The van der Waals surface area contributed by atoms with Gasteiger partial charge in [0.25, 0.3) is 5.91 Å². The van der Waals surface area contributed by atoms with Crippen molar-refractivity contribution in [1.29, 1.82) is 0 Å². The lowest BCUT2D eigenvalue weighted by atomic mass is 10.1. The largest absolute Gasteiger partial charge is 0.352 e. The summed E-state index contributed by atoms with van der Waals surface area (Å²) in [6.45, 7) is 5.80. The smallest absolute Gasteiger partial charge is 0.263 e. The van der Waals surface area contributed by atoms with Gasteiger partial charge in [0.15, 0.2) is 0 Å². The summed E-state index contributed by atoms with van der Waals surface area (Å²) in [7, 11) is 0. The maximum atomic E-state index is 13.4. The number of thiophene rings is 1. The Kier molecular flexibility index (Phi) is 5.84. The number of rotatable bonds is 5. The highest BCUT2D eigenvalue weighted by Gasteiger charge is 2.31. The molecule has 1 aliphatic rings. The van der Waals surface area contributed by atoms with Gasteiger partial charge >= 0.3 is 0 Å². The van der Waals surface area contributed by atoms with Crippen LogP contribution < -0.4 is 16.1 Å². The van der Waals surface area contributed by atoms with Gasteiger partial charge in [0.2, 0.25) is 5.91 Å². The van der Waals surface area contributed by atoms with Gasteiger partial charge < -0.3 is 15.6 Å². The average Bonchev–Trinajstić information content (AvgIpc) is 3.49. The number of nitrogens with one attached hydrogen (secondary N) is 3. The zero-order valence-electron chi connectivity index (χ0n) is 20.3. The molecule has 4 aromatic heterocycles. The number of carbonyl (C=O) groups is 2. The lowest BCUT2D eigenvalue weighted by molar-refractivity contribution is -0.119.